The van der Waals surface area contributed by atoms with Gasteiger partial charge in [-0.15, -0.1) is 0 Å². The number of furan rings is 1. The fourth-order valence-corrected chi connectivity index (χ4v) is 2.80. The summed E-state index contributed by atoms with van der Waals surface area (Å²) < 4.78 is 10.2. The third-order valence-corrected chi connectivity index (χ3v) is 4.55. The average molecular weight is 411 g/mol. The monoisotopic (exact) mass is 409 g/mol. The highest BCUT2D eigenvalue weighted by atomic mass is 35.5. The van der Waals surface area contributed by atoms with Gasteiger partial charge in [-0.2, -0.15) is 0 Å². The summed E-state index contributed by atoms with van der Waals surface area (Å²) in [6.07, 6.45) is 0. The molecule has 0 bridgehead atoms. The van der Waals surface area contributed by atoms with Gasteiger partial charge in [0.1, 0.15) is 17.1 Å². The van der Waals surface area contributed by atoms with Gasteiger partial charge in [-0.1, -0.05) is 46.4 Å². The standard InChI is InChI=1S/C15H11Cl4NO4/c1-6-3-8(7(2)24-6)15(22)23-5-11(21)20-14-12(18)9(16)4-10(17)13(14)19/h3-4H,5H2,1-2H3,(H,20,21). The second-order valence-corrected chi connectivity index (χ2v) is 6.36. The fraction of sp³-hybridized carbons (Fsp3) is 0.200. The maximum Gasteiger partial charge on any atom is 0.342 e. The number of aryl methyl sites for hydroxylation is 2. The lowest BCUT2D eigenvalue weighted by molar-refractivity contribution is -0.119. The smallest absolute Gasteiger partial charge is 0.342 e. The number of hydrogen-bond acceptors (Lipinski definition) is 4. The molecular weight excluding hydrogens is 400 g/mol. The zero-order valence-electron chi connectivity index (χ0n) is 12.5. The van der Waals surface area contributed by atoms with E-state index in [1.54, 1.807) is 13.8 Å². The molecule has 5 nitrogen and oxygen atoms in total. The van der Waals surface area contributed by atoms with Crippen molar-refractivity contribution in [2.75, 3.05) is 11.9 Å². The van der Waals surface area contributed by atoms with E-state index < -0.39 is 18.5 Å². The number of hydrogen-bond donors (Lipinski definition) is 1. The lowest BCUT2D eigenvalue weighted by Gasteiger charge is -2.12. The molecule has 128 valence electrons. The van der Waals surface area contributed by atoms with Gasteiger partial charge in [0.25, 0.3) is 5.91 Å². The van der Waals surface area contributed by atoms with Crippen LogP contribution in [0, 0.1) is 13.8 Å². The predicted octanol–water partition coefficient (Wildman–Crippen LogP) is 5.31. The number of carbonyl (C=O) groups excluding carboxylic acids is 2. The summed E-state index contributed by atoms with van der Waals surface area (Å²) in [5.74, 6) is -0.356. The Kier molecular flexibility index (Phi) is 6.04. The molecule has 0 unspecified atom stereocenters. The minimum absolute atomic E-state index is 0.0343. The molecule has 1 aromatic heterocycles. The Hall–Kier alpha value is -1.40. The first-order valence-corrected chi connectivity index (χ1v) is 8.09. The average Bonchev–Trinajstić information content (AvgIpc) is 2.86. The van der Waals surface area contributed by atoms with Crippen molar-refractivity contribution in [1.29, 1.82) is 0 Å². The lowest BCUT2D eigenvalue weighted by Crippen LogP contribution is -2.21. The molecule has 0 aliphatic carbocycles. The number of ether oxygens (including phenoxy) is 1. The number of rotatable bonds is 4. The summed E-state index contributed by atoms with van der Waals surface area (Å²) in [6, 6.07) is 2.88. The molecule has 1 N–H and O–H groups in total. The molecule has 0 fully saturated rings. The van der Waals surface area contributed by atoms with E-state index in [9.17, 15) is 9.59 Å². The molecule has 9 heteroatoms. The number of anilines is 1. The molecule has 1 amide bonds. The second kappa shape index (κ2) is 7.66. The van der Waals surface area contributed by atoms with E-state index >= 15 is 0 Å². The Bertz CT molecular complexity index is 790. The number of halogens is 4. The predicted molar refractivity (Wildman–Crippen MR) is 93.6 cm³/mol. The minimum atomic E-state index is -0.680. The van der Waals surface area contributed by atoms with Crippen LogP contribution >= 0.6 is 46.4 Å². The molecule has 2 rings (SSSR count). The Morgan fingerprint density at radius 2 is 1.67 bits per heavy atom. The second-order valence-electron chi connectivity index (χ2n) is 4.79. The Balaban J connectivity index is 2.05. The highest BCUT2D eigenvalue weighted by Crippen LogP contribution is 2.40. The summed E-state index contributed by atoms with van der Waals surface area (Å²) in [4.78, 5) is 23.9. The Morgan fingerprint density at radius 3 is 2.17 bits per heavy atom. The quantitative estimate of drug-likeness (QED) is 0.548. The van der Waals surface area contributed by atoms with Gasteiger partial charge in [0.2, 0.25) is 0 Å². The van der Waals surface area contributed by atoms with E-state index in [1.807, 2.05) is 0 Å². The van der Waals surface area contributed by atoms with E-state index in [2.05, 4.69) is 5.32 Å². The summed E-state index contributed by atoms with van der Waals surface area (Å²) in [5.41, 5.74) is 0.300. The summed E-state index contributed by atoms with van der Waals surface area (Å²) in [7, 11) is 0. The van der Waals surface area contributed by atoms with Crippen LogP contribution in [0.2, 0.25) is 20.1 Å². The lowest BCUT2D eigenvalue weighted by atomic mass is 10.2. The van der Waals surface area contributed by atoms with Gasteiger partial charge in [-0.05, 0) is 26.0 Å². The Labute approximate surface area is 157 Å². The summed E-state index contributed by atoms with van der Waals surface area (Å²) in [6.45, 7) is 2.78. The molecule has 0 atom stereocenters. The largest absolute Gasteiger partial charge is 0.466 e. The van der Waals surface area contributed by atoms with Gasteiger partial charge in [0, 0.05) is 0 Å². The van der Waals surface area contributed by atoms with Crippen molar-refractivity contribution in [3.05, 3.63) is 49.3 Å². The summed E-state index contributed by atoms with van der Waals surface area (Å²) in [5, 5.41) is 2.74. The topological polar surface area (TPSA) is 68.5 Å². The molecule has 2 aromatic rings. The van der Waals surface area contributed by atoms with Crippen LogP contribution in [0.25, 0.3) is 0 Å². The minimum Gasteiger partial charge on any atom is -0.466 e. The van der Waals surface area contributed by atoms with Crippen LogP contribution in [0.5, 0.6) is 0 Å². The van der Waals surface area contributed by atoms with E-state index in [-0.39, 0.29) is 31.3 Å². The first kappa shape index (κ1) is 18.9. The van der Waals surface area contributed by atoms with Gasteiger partial charge < -0.3 is 14.5 Å². The zero-order valence-corrected chi connectivity index (χ0v) is 15.5. The van der Waals surface area contributed by atoms with Crippen LogP contribution in [0.1, 0.15) is 21.9 Å². The van der Waals surface area contributed by atoms with Crippen molar-refractivity contribution < 1.29 is 18.7 Å². The van der Waals surface area contributed by atoms with Gasteiger partial charge in [-0.25, -0.2) is 4.79 Å². The first-order chi connectivity index (χ1) is 11.2. The van der Waals surface area contributed by atoms with Crippen molar-refractivity contribution in [2.24, 2.45) is 0 Å². The van der Waals surface area contributed by atoms with Crippen molar-refractivity contribution in [3.8, 4) is 0 Å². The maximum absolute atomic E-state index is 12.0. The van der Waals surface area contributed by atoms with Crippen LogP contribution in [-0.4, -0.2) is 18.5 Å². The molecular formula is C15H11Cl4NO4. The van der Waals surface area contributed by atoms with Crippen LogP contribution in [-0.2, 0) is 9.53 Å². The number of carbonyl (C=O) groups is 2. The Morgan fingerprint density at radius 1 is 1.08 bits per heavy atom. The van der Waals surface area contributed by atoms with Crippen LogP contribution in [0.15, 0.2) is 16.5 Å². The van der Waals surface area contributed by atoms with Gasteiger partial charge in [0.05, 0.1) is 25.8 Å². The van der Waals surface area contributed by atoms with Crippen LogP contribution in [0.3, 0.4) is 0 Å². The number of nitrogens with one attached hydrogen (secondary N) is 1. The normalized spacial score (nSPS) is 10.6. The molecule has 1 heterocycles. The van der Waals surface area contributed by atoms with Crippen molar-refractivity contribution >= 4 is 64.0 Å². The van der Waals surface area contributed by atoms with Crippen molar-refractivity contribution in [1.82, 2.24) is 0 Å². The maximum atomic E-state index is 12.0. The SMILES string of the molecule is Cc1cc(C(=O)OCC(=O)Nc2c(Cl)c(Cl)cc(Cl)c2Cl)c(C)o1. The summed E-state index contributed by atoms with van der Waals surface area (Å²) >= 11 is 23.7. The number of amides is 1. The molecule has 0 spiro atoms. The molecule has 0 aliphatic rings. The molecule has 0 saturated heterocycles. The van der Waals surface area contributed by atoms with Crippen molar-refractivity contribution in [3.63, 3.8) is 0 Å². The third kappa shape index (κ3) is 4.16. The van der Waals surface area contributed by atoms with Crippen LogP contribution < -0.4 is 5.32 Å². The molecule has 1 aromatic carbocycles. The molecule has 0 saturated carbocycles. The van der Waals surface area contributed by atoms with Gasteiger partial charge in [0.15, 0.2) is 6.61 Å². The van der Waals surface area contributed by atoms with Gasteiger partial charge >= 0.3 is 5.97 Å². The molecule has 0 aliphatic heterocycles. The number of benzene rings is 1. The third-order valence-electron chi connectivity index (χ3n) is 2.97. The highest BCUT2D eigenvalue weighted by molar-refractivity contribution is 6.50. The van der Waals surface area contributed by atoms with E-state index in [1.165, 1.54) is 12.1 Å². The van der Waals surface area contributed by atoms with Crippen LogP contribution in [0.4, 0.5) is 5.69 Å². The van der Waals surface area contributed by atoms with Gasteiger partial charge in [-0.3, -0.25) is 4.79 Å². The fourth-order valence-electron chi connectivity index (χ4n) is 1.90. The van der Waals surface area contributed by atoms with Crippen molar-refractivity contribution in [2.45, 2.75) is 13.8 Å². The van der Waals surface area contributed by atoms with E-state index in [4.69, 9.17) is 55.6 Å². The highest BCUT2D eigenvalue weighted by Gasteiger charge is 2.19. The first-order valence-electron chi connectivity index (χ1n) is 6.57. The number of esters is 1. The van der Waals surface area contributed by atoms with E-state index in [0.29, 0.717) is 11.5 Å². The zero-order chi connectivity index (χ0) is 18.0. The molecule has 0 radical (unpaired) electrons. The molecule has 24 heavy (non-hydrogen) atoms. The van der Waals surface area contributed by atoms with E-state index in [0.717, 1.165) is 0 Å².